The van der Waals surface area contributed by atoms with E-state index in [0.29, 0.717) is 12.4 Å². The molecule has 0 fully saturated rings. The lowest BCUT2D eigenvalue weighted by molar-refractivity contribution is 0.102. The second kappa shape index (κ2) is 5.47. The number of hydrogen-bond acceptors (Lipinski definition) is 4. The molecule has 0 aliphatic heterocycles. The minimum atomic E-state index is -0.669. The lowest BCUT2D eigenvalue weighted by Gasteiger charge is -2.07. The molecule has 0 unspecified atom stereocenters. The molecule has 19 heavy (non-hydrogen) atoms. The highest BCUT2D eigenvalue weighted by Gasteiger charge is 2.16. The predicted octanol–water partition coefficient (Wildman–Crippen LogP) is 1.64. The zero-order valence-corrected chi connectivity index (χ0v) is 10.6. The fraction of sp³-hybridized carbons (Fsp3) is 0.250. The smallest absolute Gasteiger partial charge is 0.260 e. The molecule has 7 heteroatoms. The molecule has 0 radical (unpaired) electrons. The molecule has 1 amide bonds. The minimum Gasteiger partial charge on any atom is -0.368 e. The van der Waals surface area contributed by atoms with E-state index in [1.165, 1.54) is 12.3 Å². The quantitative estimate of drug-likeness (QED) is 0.879. The van der Waals surface area contributed by atoms with E-state index >= 15 is 0 Å². The molecular formula is C12H14FN5O. The lowest BCUT2D eigenvalue weighted by atomic mass is 10.2. The van der Waals surface area contributed by atoms with Crippen LogP contribution in [-0.2, 0) is 7.05 Å². The summed E-state index contributed by atoms with van der Waals surface area (Å²) in [5, 5.41) is 9.27. The summed E-state index contributed by atoms with van der Waals surface area (Å²) in [5.74, 6) is -0.791. The molecule has 2 aromatic rings. The number of nitrogens with zero attached hydrogens (tertiary/aromatic N) is 3. The van der Waals surface area contributed by atoms with Gasteiger partial charge in [0.1, 0.15) is 0 Å². The molecule has 2 N–H and O–H groups in total. The molecule has 0 spiro atoms. The highest BCUT2D eigenvalue weighted by atomic mass is 19.1. The fourth-order valence-corrected chi connectivity index (χ4v) is 1.58. The Balaban J connectivity index is 2.21. The highest BCUT2D eigenvalue weighted by Crippen LogP contribution is 2.16. The van der Waals surface area contributed by atoms with E-state index in [9.17, 15) is 9.18 Å². The van der Waals surface area contributed by atoms with Gasteiger partial charge in [-0.05, 0) is 13.0 Å². The van der Waals surface area contributed by atoms with Crippen molar-refractivity contribution in [3.8, 4) is 0 Å². The fourth-order valence-electron chi connectivity index (χ4n) is 1.58. The first-order chi connectivity index (χ1) is 9.11. The maximum Gasteiger partial charge on any atom is 0.260 e. The maximum atomic E-state index is 14.0. The van der Waals surface area contributed by atoms with E-state index in [2.05, 4.69) is 20.7 Å². The van der Waals surface area contributed by atoms with Crippen molar-refractivity contribution in [2.24, 2.45) is 7.05 Å². The molecular weight excluding hydrogens is 249 g/mol. The van der Waals surface area contributed by atoms with Gasteiger partial charge in [-0.2, -0.15) is 5.10 Å². The zero-order valence-electron chi connectivity index (χ0n) is 10.6. The molecule has 2 heterocycles. The van der Waals surface area contributed by atoms with Gasteiger partial charge in [0.2, 0.25) is 0 Å². The third kappa shape index (κ3) is 2.87. The van der Waals surface area contributed by atoms with Crippen molar-refractivity contribution in [1.82, 2.24) is 14.8 Å². The highest BCUT2D eigenvalue weighted by molar-refractivity contribution is 6.04. The van der Waals surface area contributed by atoms with Gasteiger partial charge in [-0.15, -0.1) is 0 Å². The van der Waals surface area contributed by atoms with Gasteiger partial charge in [0.15, 0.2) is 17.5 Å². The van der Waals surface area contributed by atoms with Crippen LogP contribution in [0.5, 0.6) is 0 Å². The maximum absolute atomic E-state index is 14.0. The SMILES string of the molecule is CCNc1nccc(C(=O)Nc2ccn(C)n2)c1F. The van der Waals surface area contributed by atoms with Gasteiger partial charge in [0, 0.05) is 32.1 Å². The first-order valence-corrected chi connectivity index (χ1v) is 5.81. The van der Waals surface area contributed by atoms with E-state index in [-0.39, 0.29) is 11.4 Å². The van der Waals surface area contributed by atoms with Gasteiger partial charge in [0.25, 0.3) is 5.91 Å². The summed E-state index contributed by atoms with van der Waals surface area (Å²) in [6.07, 6.45) is 3.07. The van der Waals surface area contributed by atoms with Crippen LogP contribution in [0.2, 0.25) is 0 Å². The van der Waals surface area contributed by atoms with E-state index in [1.54, 1.807) is 24.0 Å². The number of pyridine rings is 1. The lowest BCUT2D eigenvalue weighted by Crippen LogP contribution is -2.16. The summed E-state index contributed by atoms with van der Waals surface area (Å²) in [6, 6.07) is 2.96. The Kier molecular flexibility index (Phi) is 3.74. The van der Waals surface area contributed by atoms with Gasteiger partial charge in [-0.25, -0.2) is 9.37 Å². The molecule has 100 valence electrons. The van der Waals surface area contributed by atoms with Crippen LogP contribution >= 0.6 is 0 Å². The minimum absolute atomic E-state index is 0.0659. The average molecular weight is 263 g/mol. The number of rotatable bonds is 4. The zero-order chi connectivity index (χ0) is 13.8. The van der Waals surface area contributed by atoms with Crippen molar-refractivity contribution in [3.05, 3.63) is 35.9 Å². The van der Waals surface area contributed by atoms with Crippen LogP contribution in [0, 0.1) is 5.82 Å². The van der Waals surface area contributed by atoms with Gasteiger partial charge < -0.3 is 10.6 Å². The Morgan fingerprint density at radius 3 is 2.89 bits per heavy atom. The van der Waals surface area contributed by atoms with Gasteiger partial charge >= 0.3 is 0 Å². The number of nitrogens with one attached hydrogen (secondary N) is 2. The summed E-state index contributed by atoms with van der Waals surface area (Å²) >= 11 is 0. The Hall–Kier alpha value is -2.44. The Morgan fingerprint density at radius 1 is 1.47 bits per heavy atom. The van der Waals surface area contributed by atoms with Crippen LogP contribution in [0.3, 0.4) is 0 Å². The standard InChI is InChI=1S/C12H14FN5O/c1-3-14-11-10(13)8(4-6-15-11)12(19)16-9-5-7-18(2)17-9/h4-7H,3H2,1-2H3,(H,14,15)(H,16,17,19). The van der Waals surface area contributed by atoms with Crippen molar-refractivity contribution in [3.63, 3.8) is 0 Å². The number of carbonyl (C=O) groups is 1. The summed E-state index contributed by atoms with van der Waals surface area (Å²) in [7, 11) is 1.73. The van der Waals surface area contributed by atoms with Gasteiger partial charge in [-0.3, -0.25) is 9.48 Å². The van der Waals surface area contributed by atoms with Crippen molar-refractivity contribution >= 4 is 17.5 Å². The van der Waals surface area contributed by atoms with Crippen molar-refractivity contribution in [2.45, 2.75) is 6.92 Å². The number of carbonyl (C=O) groups excluding carboxylic acids is 1. The molecule has 2 aromatic heterocycles. The van der Waals surface area contributed by atoms with Gasteiger partial charge in [-0.1, -0.05) is 0 Å². The van der Waals surface area contributed by atoms with E-state index in [4.69, 9.17) is 0 Å². The van der Waals surface area contributed by atoms with Crippen LogP contribution in [-0.4, -0.2) is 27.2 Å². The number of amides is 1. The Morgan fingerprint density at radius 2 is 2.26 bits per heavy atom. The summed E-state index contributed by atoms with van der Waals surface area (Å²) < 4.78 is 15.6. The molecule has 2 rings (SSSR count). The average Bonchev–Trinajstić information content (AvgIpc) is 2.77. The molecule has 6 nitrogen and oxygen atoms in total. The topological polar surface area (TPSA) is 71.8 Å². The Bertz CT molecular complexity index is 596. The first kappa shape index (κ1) is 13.0. The second-order valence-electron chi connectivity index (χ2n) is 3.88. The third-order valence-corrected chi connectivity index (χ3v) is 2.43. The number of halogens is 1. The number of aromatic nitrogens is 3. The molecule has 0 atom stereocenters. The normalized spacial score (nSPS) is 10.3. The second-order valence-corrected chi connectivity index (χ2v) is 3.88. The van der Waals surface area contributed by atoms with Crippen LogP contribution in [0.25, 0.3) is 0 Å². The van der Waals surface area contributed by atoms with Crippen LogP contribution < -0.4 is 10.6 Å². The molecule has 0 aliphatic rings. The third-order valence-electron chi connectivity index (χ3n) is 2.43. The summed E-state index contributed by atoms with van der Waals surface area (Å²) in [6.45, 7) is 2.34. The van der Waals surface area contributed by atoms with E-state index in [1.807, 2.05) is 6.92 Å². The molecule has 0 aromatic carbocycles. The van der Waals surface area contributed by atoms with Crippen LogP contribution in [0.1, 0.15) is 17.3 Å². The molecule has 0 bridgehead atoms. The Labute approximate surface area is 109 Å². The molecule has 0 saturated heterocycles. The monoisotopic (exact) mass is 263 g/mol. The number of aryl methyl sites for hydroxylation is 1. The largest absolute Gasteiger partial charge is 0.368 e. The summed E-state index contributed by atoms with van der Waals surface area (Å²) in [5.41, 5.74) is -0.0726. The van der Waals surface area contributed by atoms with Crippen molar-refractivity contribution in [2.75, 3.05) is 17.2 Å². The molecule has 0 aliphatic carbocycles. The summed E-state index contributed by atoms with van der Waals surface area (Å²) in [4.78, 5) is 15.8. The van der Waals surface area contributed by atoms with E-state index in [0.717, 1.165) is 0 Å². The number of hydrogen-bond donors (Lipinski definition) is 2. The predicted molar refractivity (Wildman–Crippen MR) is 69.5 cm³/mol. The number of anilines is 2. The van der Waals surface area contributed by atoms with Crippen LogP contribution in [0.15, 0.2) is 24.5 Å². The van der Waals surface area contributed by atoms with Crippen LogP contribution in [0.4, 0.5) is 16.0 Å². The van der Waals surface area contributed by atoms with Gasteiger partial charge in [0.05, 0.1) is 5.56 Å². The molecule has 0 saturated carbocycles. The van der Waals surface area contributed by atoms with Crippen molar-refractivity contribution in [1.29, 1.82) is 0 Å². The first-order valence-electron chi connectivity index (χ1n) is 5.81. The van der Waals surface area contributed by atoms with Crippen molar-refractivity contribution < 1.29 is 9.18 Å². The van der Waals surface area contributed by atoms with E-state index < -0.39 is 11.7 Å².